The minimum Gasteiger partial charge on any atom is -0.478 e. The maximum absolute atomic E-state index is 14.9. The van der Waals surface area contributed by atoms with Gasteiger partial charge >= 0.3 is 5.97 Å². The van der Waals surface area contributed by atoms with E-state index in [0.717, 1.165) is 4.31 Å². The predicted octanol–water partition coefficient (Wildman–Crippen LogP) is 3.11. The molecule has 8 nitrogen and oxygen atoms in total. The first kappa shape index (κ1) is 24.9. The molecule has 0 radical (unpaired) electrons. The number of piperidine rings is 1. The van der Waals surface area contributed by atoms with Crippen molar-refractivity contribution in [3.05, 3.63) is 59.1 Å². The molecule has 2 N–H and O–H groups in total. The average molecular weight is 499 g/mol. The molecule has 1 aliphatic heterocycles. The number of hydrogen-bond acceptors (Lipinski definition) is 5. The van der Waals surface area contributed by atoms with Crippen LogP contribution in [0.25, 0.3) is 0 Å². The fourth-order valence-corrected chi connectivity index (χ4v) is 4.95. The van der Waals surface area contributed by atoms with Gasteiger partial charge in [-0.2, -0.15) is 4.31 Å². The van der Waals surface area contributed by atoms with Gasteiger partial charge in [0.15, 0.2) is 5.60 Å². The minimum atomic E-state index is -4.01. The number of carbonyl (C=O) groups excluding carboxylic acids is 1. The molecule has 0 aromatic heterocycles. The Morgan fingerprint density at radius 3 is 2.30 bits per heavy atom. The molecule has 2 atom stereocenters. The Balaban J connectivity index is 1.62. The maximum atomic E-state index is 14.9. The van der Waals surface area contributed by atoms with Crippen molar-refractivity contribution in [2.24, 2.45) is 0 Å². The molecule has 178 valence electrons. The lowest BCUT2D eigenvalue weighted by atomic mass is 10.0. The molecule has 1 fully saturated rings. The molecule has 33 heavy (non-hydrogen) atoms. The molecule has 0 saturated carbocycles. The van der Waals surface area contributed by atoms with Crippen LogP contribution >= 0.6 is 11.6 Å². The van der Waals surface area contributed by atoms with Gasteiger partial charge in [0.05, 0.1) is 16.5 Å². The van der Waals surface area contributed by atoms with Gasteiger partial charge in [-0.05, 0) is 68.8 Å². The van der Waals surface area contributed by atoms with Gasteiger partial charge in [0, 0.05) is 18.1 Å². The van der Waals surface area contributed by atoms with Crippen molar-refractivity contribution in [1.29, 1.82) is 0 Å². The number of alkyl halides is 1. The van der Waals surface area contributed by atoms with Gasteiger partial charge in [-0.3, -0.25) is 4.79 Å². The Kier molecular flexibility index (Phi) is 7.30. The normalized spacial score (nSPS) is 19.6. The Morgan fingerprint density at radius 1 is 1.15 bits per heavy atom. The van der Waals surface area contributed by atoms with E-state index in [4.69, 9.17) is 21.4 Å². The van der Waals surface area contributed by atoms with E-state index in [9.17, 15) is 22.4 Å². The topological polar surface area (TPSA) is 113 Å². The predicted molar refractivity (Wildman–Crippen MR) is 120 cm³/mol. The highest BCUT2D eigenvalue weighted by molar-refractivity contribution is 7.89. The number of benzene rings is 2. The van der Waals surface area contributed by atoms with E-state index < -0.39 is 46.3 Å². The molecule has 1 heterocycles. The number of carboxylic acid groups (broad SMARTS) is 1. The first-order valence-electron chi connectivity index (χ1n) is 10.1. The number of carbonyl (C=O) groups is 2. The summed E-state index contributed by atoms with van der Waals surface area (Å²) in [5.74, 6) is -1.29. The van der Waals surface area contributed by atoms with Gasteiger partial charge in [-0.1, -0.05) is 11.6 Å². The molecule has 1 aliphatic rings. The summed E-state index contributed by atoms with van der Waals surface area (Å²) in [7, 11) is -4.01. The molecule has 0 aliphatic carbocycles. The van der Waals surface area contributed by atoms with E-state index >= 15 is 0 Å². The lowest BCUT2D eigenvalue weighted by molar-refractivity contribution is -0.135. The van der Waals surface area contributed by atoms with E-state index in [0.29, 0.717) is 10.8 Å². The number of hydrogen-bond donors (Lipinski definition) is 2. The molecule has 0 bridgehead atoms. The second-order valence-electron chi connectivity index (χ2n) is 8.14. The van der Waals surface area contributed by atoms with Gasteiger partial charge in [-0.15, -0.1) is 0 Å². The number of rotatable bonds is 7. The van der Waals surface area contributed by atoms with Gasteiger partial charge < -0.3 is 15.2 Å². The van der Waals surface area contributed by atoms with Gasteiger partial charge in [0.2, 0.25) is 10.0 Å². The first-order valence-corrected chi connectivity index (χ1v) is 11.9. The number of sulfonamides is 1. The van der Waals surface area contributed by atoms with Crippen molar-refractivity contribution in [1.82, 2.24) is 9.62 Å². The summed E-state index contributed by atoms with van der Waals surface area (Å²) in [6, 6.07) is 10.3. The highest BCUT2D eigenvalue weighted by Crippen LogP contribution is 2.25. The maximum Gasteiger partial charge on any atom is 0.335 e. The van der Waals surface area contributed by atoms with Crippen LogP contribution in [0.2, 0.25) is 5.02 Å². The second-order valence-corrected chi connectivity index (χ2v) is 10.5. The lowest BCUT2D eigenvalue weighted by Crippen LogP contribution is -2.57. The van der Waals surface area contributed by atoms with Gasteiger partial charge in [-0.25, -0.2) is 17.6 Å². The smallest absolute Gasteiger partial charge is 0.335 e. The highest BCUT2D eigenvalue weighted by atomic mass is 35.5. The van der Waals surface area contributed by atoms with Crippen LogP contribution in [0.5, 0.6) is 5.75 Å². The van der Waals surface area contributed by atoms with Crippen LogP contribution in [0, 0.1) is 0 Å². The van der Waals surface area contributed by atoms with Crippen LogP contribution in [-0.4, -0.2) is 60.6 Å². The number of ether oxygens (including phenoxy) is 1. The molecular weight excluding hydrogens is 475 g/mol. The zero-order valence-electron chi connectivity index (χ0n) is 18.0. The summed E-state index contributed by atoms with van der Waals surface area (Å²) in [5.41, 5.74) is -1.36. The number of aromatic carboxylic acids is 1. The summed E-state index contributed by atoms with van der Waals surface area (Å²) >= 11 is 5.85. The molecular formula is C22H24ClFN2O6S. The molecule has 0 unspecified atom stereocenters. The van der Waals surface area contributed by atoms with E-state index in [-0.39, 0.29) is 23.4 Å². The third-order valence-electron chi connectivity index (χ3n) is 5.29. The quantitative estimate of drug-likeness (QED) is 0.606. The summed E-state index contributed by atoms with van der Waals surface area (Å²) in [6.45, 7) is 2.65. The van der Waals surface area contributed by atoms with Crippen LogP contribution in [0.1, 0.15) is 30.6 Å². The van der Waals surface area contributed by atoms with Crippen molar-refractivity contribution < 1.29 is 32.2 Å². The molecule has 1 amide bonds. The highest BCUT2D eigenvalue weighted by Gasteiger charge is 2.39. The third-order valence-corrected chi connectivity index (χ3v) is 7.42. The summed E-state index contributed by atoms with van der Waals surface area (Å²) in [6.07, 6.45) is -1.57. The van der Waals surface area contributed by atoms with Crippen molar-refractivity contribution in [2.75, 3.05) is 13.1 Å². The number of carboxylic acids is 1. The average Bonchev–Trinajstić information content (AvgIpc) is 2.76. The van der Waals surface area contributed by atoms with Crippen molar-refractivity contribution in [3.63, 3.8) is 0 Å². The van der Waals surface area contributed by atoms with Crippen molar-refractivity contribution in [2.45, 2.75) is 43.0 Å². The van der Waals surface area contributed by atoms with Crippen LogP contribution in [0.3, 0.4) is 0 Å². The summed E-state index contributed by atoms with van der Waals surface area (Å²) in [4.78, 5) is 23.6. The molecule has 2 aromatic rings. The third kappa shape index (κ3) is 5.82. The largest absolute Gasteiger partial charge is 0.478 e. The van der Waals surface area contributed by atoms with Crippen LogP contribution in [0.4, 0.5) is 4.39 Å². The molecule has 2 aromatic carbocycles. The lowest BCUT2D eigenvalue weighted by Gasteiger charge is -2.36. The monoisotopic (exact) mass is 498 g/mol. The van der Waals surface area contributed by atoms with E-state index in [2.05, 4.69) is 5.32 Å². The fourth-order valence-electron chi connectivity index (χ4n) is 3.36. The Morgan fingerprint density at radius 2 is 1.76 bits per heavy atom. The SMILES string of the molecule is CC(C)(Oc1ccc(Cl)cc1)C(=O)N[C@@H]1CCN(S(=O)(=O)c2ccc(C(=O)O)cc2)C[C@H]1F. The number of nitrogens with zero attached hydrogens (tertiary/aromatic N) is 1. The molecule has 0 spiro atoms. The zero-order chi connectivity index (χ0) is 24.4. The zero-order valence-corrected chi connectivity index (χ0v) is 19.6. The second kappa shape index (κ2) is 9.66. The van der Waals surface area contributed by atoms with Crippen LogP contribution in [0.15, 0.2) is 53.4 Å². The first-order chi connectivity index (χ1) is 15.4. The van der Waals surface area contributed by atoms with Crippen LogP contribution in [-0.2, 0) is 14.8 Å². The van der Waals surface area contributed by atoms with E-state index in [1.807, 2.05) is 0 Å². The van der Waals surface area contributed by atoms with E-state index in [1.54, 1.807) is 38.1 Å². The molecule has 3 rings (SSSR count). The minimum absolute atomic E-state index is 0.00709. The van der Waals surface area contributed by atoms with Crippen molar-refractivity contribution in [3.8, 4) is 5.75 Å². The van der Waals surface area contributed by atoms with Gasteiger partial charge in [0.25, 0.3) is 5.91 Å². The number of nitrogens with one attached hydrogen (secondary N) is 1. The summed E-state index contributed by atoms with van der Waals surface area (Å²) in [5, 5.41) is 12.1. The van der Waals surface area contributed by atoms with Crippen molar-refractivity contribution >= 4 is 33.5 Å². The molecule has 11 heteroatoms. The fraction of sp³-hybridized carbons (Fsp3) is 0.364. The number of halogens is 2. The van der Waals surface area contributed by atoms with Gasteiger partial charge in [0.1, 0.15) is 11.9 Å². The number of amides is 1. The Bertz CT molecular complexity index is 1120. The standard InChI is InChI=1S/C22H24ClFN2O6S/c1-22(2,32-16-7-5-15(23)6-8-16)21(29)25-19-11-12-26(13-18(19)24)33(30,31)17-9-3-14(4-10-17)20(27)28/h3-10,18-19H,11-13H2,1-2H3,(H,25,29)(H,27,28)/t18-,19-/m1/s1. The van der Waals surface area contributed by atoms with E-state index in [1.165, 1.54) is 24.3 Å². The Labute approximate surface area is 196 Å². The summed E-state index contributed by atoms with van der Waals surface area (Å²) < 4.78 is 47.2. The molecule has 1 saturated heterocycles. The Hall–Kier alpha value is -2.69. The van der Waals surface area contributed by atoms with Crippen LogP contribution < -0.4 is 10.1 Å².